The number of alkyl halides is 3. The van der Waals surface area contributed by atoms with E-state index in [9.17, 15) is 8.78 Å². The molecule has 1 aromatic carbocycles. The molecule has 2 heterocycles. The highest BCUT2D eigenvalue weighted by Gasteiger charge is 2.57. The highest BCUT2D eigenvalue weighted by molar-refractivity contribution is 14.1. The number of hydrogen-bond donors (Lipinski definition) is 0. The van der Waals surface area contributed by atoms with Gasteiger partial charge in [-0.3, -0.25) is 0 Å². The van der Waals surface area contributed by atoms with Gasteiger partial charge in [0.15, 0.2) is 0 Å². The van der Waals surface area contributed by atoms with E-state index < -0.39 is 9.34 Å². The molecule has 1 aromatic heterocycles. The third-order valence-electron chi connectivity index (χ3n) is 5.23. The Bertz CT molecular complexity index is 850. The number of aryl methyl sites for hydroxylation is 2. The van der Waals surface area contributed by atoms with Crippen molar-refractivity contribution in [3.8, 4) is 0 Å². The van der Waals surface area contributed by atoms with Gasteiger partial charge in [0.25, 0.3) is 0 Å². The van der Waals surface area contributed by atoms with E-state index >= 15 is 0 Å². The van der Waals surface area contributed by atoms with Crippen LogP contribution in [-0.2, 0) is 11.8 Å². The normalized spacial score (nSPS) is 20.4. The number of rotatable bonds is 4. The van der Waals surface area contributed by atoms with Crippen LogP contribution in [0.15, 0.2) is 24.3 Å². The van der Waals surface area contributed by atoms with Crippen LogP contribution in [0.25, 0.3) is 0 Å². The smallest absolute Gasteiger partial charge is 0.307 e. The van der Waals surface area contributed by atoms with Crippen molar-refractivity contribution in [1.82, 2.24) is 4.98 Å². The summed E-state index contributed by atoms with van der Waals surface area (Å²) in [4.78, 5) is 6.52. The molecule has 8 heteroatoms. The molecule has 146 valence electrons. The topological polar surface area (TPSA) is 16.1 Å². The van der Waals surface area contributed by atoms with Crippen molar-refractivity contribution in [2.45, 2.75) is 36.0 Å². The Hall–Kier alpha value is -0.370. The molecule has 0 spiro atoms. The molecule has 0 saturated carbocycles. The zero-order valence-corrected chi connectivity index (χ0v) is 19.2. The van der Waals surface area contributed by atoms with Crippen LogP contribution >= 0.6 is 57.4 Å². The van der Waals surface area contributed by atoms with E-state index in [2.05, 4.69) is 11.9 Å². The minimum Gasteiger partial charge on any atom is -0.355 e. The van der Waals surface area contributed by atoms with Gasteiger partial charge in [-0.1, -0.05) is 47.8 Å². The van der Waals surface area contributed by atoms with Gasteiger partial charge in [0.1, 0.15) is 5.82 Å². The Labute approximate surface area is 186 Å². The van der Waals surface area contributed by atoms with Crippen LogP contribution in [-0.4, -0.2) is 22.0 Å². The Morgan fingerprint density at radius 2 is 1.85 bits per heavy atom. The van der Waals surface area contributed by atoms with Gasteiger partial charge in [-0.15, -0.1) is 0 Å². The molecule has 1 fully saturated rings. The van der Waals surface area contributed by atoms with Gasteiger partial charge in [0.05, 0.1) is 20.5 Å². The van der Waals surface area contributed by atoms with Crippen molar-refractivity contribution in [3.05, 3.63) is 56.2 Å². The lowest BCUT2D eigenvalue weighted by atomic mass is 9.80. The molecule has 0 radical (unpaired) electrons. The highest BCUT2D eigenvalue weighted by atomic mass is 127. The van der Waals surface area contributed by atoms with E-state index in [1.165, 1.54) is 34.7 Å². The van der Waals surface area contributed by atoms with Crippen LogP contribution in [0.5, 0.6) is 0 Å². The second-order valence-corrected chi connectivity index (χ2v) is 9.32. The van der Waals surface area contributed by atoms with Crippen LogP contribution < -0.4 is 4.90 Å². The second-order valence-electron chi connectivity index (χ2n) is 6.77. The first-order chi connectivity index (χ1) is 12.6. The summed E-state index contributed by atoms with van der Waals surface area (Å²) in [7, 11) is 0. The fourth-order valence-electron chi connectivity index (χ4n) is 3.59. The summed E-state index contributed by atoms with van der Waals surface area (Å²) in [6, 6.07) is 6.92. The fourth-order valence-corrected chi connectivity index (χ4v) is 4.94. The molecule has 0 bridgehead atoms. The van der Waals surface area contributed by atoms with Gasteiger partial charge in [-0.05, 0) is 71.7 Å². The van der Waals surface area contributed by atoms with Gasteiger partial charge in [0.2, 0.25) is 0 Å². The van der Waals surface area contributed by atoms with E-state index in [0.717, 1.165) is 17.7 Å². The fraction of sp³-hybridized carbons (Fsp3) is 0.421. The number of benzene rings is 1. The average molecular weight is 546 g/mol. The Kier molecular flexibility index (Phi) is 6.17. The first kappa shape index (κ1) is 21.3. The lowest BCUT2D eigenvalue weighted by molar-refractivity contribution is 0.0412. The molecular formula is C19H18Cl3F2IN2. The SMILES string of the molecule is CCc1ccc(N2CCC(c3cc(Cl)c(Cl)c(Cl)c3)(C(F)(F)I)C2)nc1C. The summed E-state index contributed by atoms with van der Waals surface area (Å²) in [6.07, 6.45) is 1.14. The molecule has 3 rings (SSSR count). The number of anilines is 1. The van der Waals surface area contributed by atoms with Crippen LogP contribution in [0.1, 0.15) is 30.2 Å². The van der Waals surface area contributed by atoms with E-state index in [1.807, 2.05) is 24.0 Å². The predicted molar refractivity (Wildman–Crippen MR) is 117 cm³/mol. The maximum absolute atomic E-state index is 14.8. The minimum atomic E-state index is -3.00. The Balaban J connectivity index is 2.02. The first-order valence-corrected chi connectivity index (χ1v) is 10.7. The summed E-state index contributed by atoms with van der Waals surface area (Å²) < 4.78 is 26.7. The number of aromatic nitrogens is 1. The summed E-state index contributed by atoms with van der Waals surface area (Å²) >= 11 is 19.5. The van der Waals surface area contributed by atoms with Crippen LogP contribution in [0.2, 0.25) is 15.1 Å². The van der Waals surface area contributed by atoms with Gasteiger partial charge < -0.3 is 4.90 Å². The Morgan fingerprint density at radius 1 is 1.22 bits per heavy atom. The van der Waals surface area contributed by atoms with Crippen molar-refractivity contribution in [2.75, 3.05) is 18.0 Å². The number of pyridine rings is 1. The van der Waals surface area contributed by atoms with Crippen LogP contribution in [0, 0.1) is 6.92 Å². The van der Waals surface area contributed by atoms with Gasteiger partial charge in [0, 0.05) is 18.8 Å². The summed E-state index contributed by atoms with van der Waals surface area (Å²) in [5.41, 5.74) is 1.04. The summed E-state index contributed by atoms with van der Waals surface area (Å²) in [6.45, 7) is 4.59. The zero-order chi connectivity index (χ0) is 20.0. The molecule has 0 N–H and O–H groups in total. The monoisotopic (exact) mass is 544 g/mol. The molecule has 27 heavy (non-hydrogen) atoms. The largest absolute Gasteiger partial charge is 0.355 e. The minimum absolute atomic E-state index is 0.120. The predicted octanol–water partition coefficient (Wildman–Crippen LogP) is 7.09. The second kappa shape index (κ2) is 7.81. The average Bonchev–Trinajstić information content (AvgIpc) is 3.06. The summed E-state index contributed by atoms with van der Waals surface area (Å²) in [5.74, 6) is 0.707. The number of nitrogens with zero attached hydrogens (tertiary/aromatic N) is 2. The maximum atomic E-state index is 14.8. The van der Waals surface area contributed by atoms with Crippen LogP contribution in [0.3, 0.4) is 0 Å². The van der Waals surface area contributed by atoms with Crippen molar-refractivity contribution in [3.63, 3.8) is 0 Å². The quantitative estimate of drug-likeness (QED) is 0.232. The summed E-state index contributed by atoms with van der Waals surface area (Å²) in [5, 5.41) is 0.536. The molecular weight excluding hydrogens is 527 g/mol. The maximum Gasteiger partial charge on any atom is 0.307 e. The molecule has 2 aromatic rings. The van der Waals surface area contributed by atoms with E-state index in [1.54, 1.807) is 0 Å². The van der Waals surface area contributed by atoms with Gasteiger partial charge in [-0.25, -0.2) is 4.98 Å². The molecule has 2 nitrogen and oxygen atoms in total. The lowest BCUT2D eigenvalue weighted by Gasteiger charge is -2.35. The standard InChI is InChI=1S/C19H18Cl3F2IN2/c1-3-12-4-5-16(26-11(12)2)27-7-6-18(10-27,19(23,24)25)13-8-14(20)17(22)15(21)9-13/h4-5,8-9H,3,6-7,10H2,1-2H3. The van der Waals surface area contributed by atoms with Crippen molar-refractivity contribution in [2.24, 2.45) is 0 Å². The van der Waals surface area contributed by atoms with E-state index in [-0.39, 0.29) is 28.0 Å². The molecule has 0 amide bonds. The van der Waals surface area contributed by atoms with Crippen molar-refractivity contribution in [1.29, 1.82) is 0 Å². The number of halogens is 6. The van der Waals surface area contributed by atoms with Crippen LogP contribution in [0.4, 0.5) is 14.6 Å². The van der Waals surface area contributed by atoms with E-state index in [4.69, 9.17) is 34.8 Å². The molecule has 0 aliphatic carbocycles. The third kappa shape index (κ3) is 3.89. The molecule has 1 aliphatic rings. The van der Waals surface area contributed by atoms with Gasteiger partial charge >= 0.3 is 3.93 Å². The molecule has 1 atom stereocenters. The third-order valence-corrected chi connectivity index (χ3v) is 7.46. The van der Waals surface area contributed by atoms with E-state index in [0.29, 0.717) is 17.9 Å². The van der Waals surface area contributed by atoms with Gasteiger partial charge in [-0.2, -0.15) is 8.78 Å². The van der Waals surface area contributed by atoms with Crippen molar-refractivity contribution < 1.29 is 8.78 Å². The molecule has 1 aliphatic heterocycles. The zero-order valence-electron chi connectivity index (χ0n) is 14.8. The highest BCUT2D eigenvalue weighted by Crippen LogP contribution is 2.52. The Morgan fingerprint density at radius 3 is 2.37 bits per heavy atom. The number of hydrogen-bond acceptors (Lipinski definition) is 2. The first-order valence-electron chi connectivity index (χ1n) is 8.52. The molecule has 1 saturated heterocycles. The lowest BCUT2D eigenvalue weighted by Crippen LogP contribution is -2.44. The van der Waals surface area contributed by atoms with Crippen molar-refractivity contribution >= 4 is 63.2 Å². The molecule has 1 unspecified atom stereocenters.